The molecule has 7 heteroatoms. The topological polar surface area (TPSA) is 53.5 Å². The summed E-state index contributed by atoms with van der Waals surface area (Å²) in [6.07, 6.45) is 3.00. The van der Waals surface area contributed by atoms with E-state index in [1.807, 2.05) is 19.1 Å². The van der Waals surface area contributed by atoms with Crippen molar-refractivity contribution in [1.82, 2.24) is 9.29 Å². The van der Waals surface area contributed by atoms with E-state index >= 15 is 0 Å². The number of piperazine rings is 1. The molecule has 1 saturated heterocycles. The maximum absolute atomic E-state index is 11.6. The molecule has 1 aromatic heterocycles. The molecule has 0 saturated carbocycles. The molecule has 0 aromatic carbocycles. The molecular weight excluding hydrogens is 318 g/mol. The number of hydrogen-bond acceptors (Lipinski definition) is 4. The highest BCUT2D eigenvalue weighted by Gasteiger charge is 2.30. The summed E-state index contributed by atoms with van der Waals surface area (Å²) in [6.45, 7) is 3.74. The number of pyridine rings is 1. The lowest BCUT2D eigenvalue weighted by atomic mass is 10.2. The number of aromatic nitrogens is 1. The van der Waals surface area contributed by atoms with Gasteiger partial charge in [-0.05, 0) is 35.0 Å². The molecule has 1 atom stereocenters. The Balaban J connectivity index is 2.16. The Kier molecular flexibility index (Phi) is 3.93. The summed E-state index contributed by atoms with van der Waals surface area (Å²) < 4.78 is 25.7. The van der Waals surface area contributed by atoms with Gasteiger partial charge in [0.2, 0.25) is 10.0 Å². The zero-order valence-corrected chi connectivity index (χ0v) is 12.8. The van der Waals surface area contributed by atoms with E-state index in [2.05, 4.69) is 25.8 Å². The summed E-state index contributed by atoms with van der Waals surface area (Å²) in [7, 11) is -3.12. The van der Waals surface area contributed by atoms with Crippen LogP contribution in [0.1, 0.15) is 6.92 Å². The van der Waals surface area contributed by atoms with Crippen molar-refractivity contribution in [3.8, 4) is 0 Å². The monoisotopic (exact) mass is 333 g/mol. The average molecular weight is 334 g/mol. The van der Waals surface area contributed by atoms with E-state index in [9.17, 15) is 8.42 Å². The fourth-order valence-electron chi connectivity index (χ4n) is 2.24. The molecular formula is C11H16BrN3O2S. The molecule has 1 aromatic rings. The van der Waals surface area contributed by atoms with E-state index in [1.54, 1.807) is 10.5 Å². The maximum atomic E-state index is 11.6. The summed E-state index contributed by atoms with van der Waals surface area (Å²) in [6, 6.07) is 3.77. The van der Waals surface area contributed by atoms with Crippen LogP contribution in [0.25, 0.3) is 0 Å². The Morgan fingerprint density at radius 2 is 2.17 bits per heavy atom. The highest BCUT2D eigenvalue weighted by molar-refractivity contribution is 9.10. The lowest BCUT2D eigenvalue weighted by Gasteiger charge is -2.39. The summed E-state index contributed by atoms with van der Waals surface area (Å²) in [4.78, 5) is 6.44. The van der Waals surface area contributed by atoms with Gasteiger partial charge in [-0.2, -0.15) is 4.31 Å². The van der Waals surface area contributed by atoms with Gasteiger partial charge in [-0.15, -0.1) is 0 Å². The van der Waals surface area contributed by atoms with Crippen molar-refractivity contribution in [3.05, 3.63) is 22.8 Å². The number of hydrogen-bond donors (Lipinski definition) is 0. The average Bonchev–Trinajstić information content (AvgIpc) is 2.27. The summed E-state index contributed by atoms with van der Waals surface area (Å²) in [5.74, 6) is 0.873. The van der Waals surface area contributed by atoms with Crippen LogP contribution in [0.5, 0.6) is 0 Å². The minimum absolute atomic E-state index is 0.0392. The minimum Gasteiger partial charge on any atom is -0.353 e. The molecule has 1 fully saturated rings. The van der Waals surface area contributed by atoms with E-state index in [0.717, 1.165) is 10.3 Å². The van der Waals surface area contributed by atoms with Gasteiger partial charge in [0.05, 0.1) is 10.7 Å². The van der Waals surface area contributed by atoms with Crippen LogP contribution < -0.4 is 4.90 Å². The van der Waals surface area contributed by atoms with Gasteiger partial charge in [0, 0.05) is 31.9 Å². The molecule has 0 aliphatic carbocycles. The molecule has 18 heavy (non-hydrogen) atoms. The minimum atomic E-state index is -3.12. The first-order valence-electron chi connectivity index (χ1n) is 5.72. The zero-order chi connectivity index (χ0) is 13.3. The van der Waals surface area contributed by atoms with Crippen LogP contribution in [0.2, 0.25) is 0 Å². The van der Waals surface area contributed by atoms with E-state index in [0.29, 0.717) is 19.6 Å². The fraction of sp³-hybridized carbons (Fsp3) is 0.545. The van der Waals surface area contributed by atoms with E-state index in [1.165, 1.54) is 6.26 Å². The Morgan fingerprint density at radius 3 is 2.72 bits per heavy atom. The van der Waals surface area contributed by atoms with Crippen LogP contribution in [0.3, 0.4) is 0 Å². The summed E-state index contributed by atoms with van der Waals surface area (Å²) >= 11 is 3.47. The Morgan fingerprint density at radius 1 is 1.44 bits per heavy atom. The molecule has 0 unspecified atom stereocenters. The molecule has 1 aliphatic heterocycles. The van der Waals surface area contributed by atoms with Gasteiger partial charge >= 0.3 is 0 Å². The molecule has 0 amide bonds. The Labute approximate surface area is 116 Å². The lowest BCUT2D eigenvalue weighted by molar-refractivity contribution is 0.308. The van der Waals surface area contributed by atoms with Crippen LogP contribution in [-0.4, -0.2) is 49.6 Å². The smallest absolute Gasteiger partial charge is 0.211 e. The first kappa shape index (κ1) is 13.8. The van der Waals surface area contributed by atoms with Crippen LogP contribution in [0.15, 0.2) is 22.8 Å². The van der Waals surface area contributed by atoms with Gasteiger partial charge in [-0.3, -0.25) is 0 Å². The zero-order valence-electron chi connectivity index (χ0n) is 10.4. The summed E-state index contributed by atoms with van der Waals surface area (Å²) in [5.41, 5.74) is 0. The number of nitrogens with zero attached hydrogens (tertiary/aromatic N) is 3. The second-order valence-corrected chi connectivity index (χ2v) is 7.27. The van der Waals surface area contributed by atoms with Crippen molar-refractivity contribution in [3.63, 3.8) is 0 Å². The van der Waals surface area contributed by atoms with Gasteiger partial charge in [0.15, 0.2) is 0 Å². The largest absolute Gasteiger partial charge is 0.353 e. The van der Waals surface area contributed by atoms with Crippen LogP contribution >= 0.6 is 15.9 Å². The van der Waals surface area contributed by atoms with Gasteiger partial charge in [0.1, 0.15) is 5.82 Å². The molecule has 100 valence electrons. The first-order valence-corrected chi connectivity index (χ1v) is 8.36. The van der Waals surface area contributed by atoms with E-state index in [4.69, 9.17) is 0 Å². The van der Waals surface area contributed by atoms with E-state index in [-0.39, 0.29) is 6.04 Å². The third kappa shape index (κ3) is 2.84. The third-order valence-corrected chi connectivity index (χ3v) is 5.04. The number of rotatable bonds is 2. The van der Waals surface area contributed by atoms with Gasteiger partial charge < -0.3 is 4.90 Å². The van der Waals surface area contributed by atoms with Crippen molar-refractivity contribution in [1.29, 1.82) is 0 Å². The van der Waals surface area contributed by atoms with E-state index < -0.39 is 10.0 Å². The molecule has 2 rings (SSSR count). The molecule has 0 bridgehead atoms. The van der Waals surface area contributed by atoms with Crippen molar-refractivity contribution in [2.45, 2.75) is 13.0 Å². The van der Waals surface area contributed by atoms with Crippen molar-refractivity contribution in [2.75, 3.05) is 30.8 Å². The quantitative estimate of drug-likeness (QED) is 0.818. The van der Waals surface area contributed by atoms with Gasteiger partial charge in [-0.1, -0.05) is 0 Å². The highest BCUT2D eigenvalue weighted by atomic mass is 79.9. The third-order valence-electron chi connectivity index (χ3n) is 3.03. The Hall–Kier alpha value is -0.660. The van der Waals surface area contributed by atoms with Crippen molar-refractivity contribution in [2.24, 2.45) is 0 Å². The summed E-state index contributed by atoms with van der Waals surface area (Å²) in [5, 5.41) is 0. The van der Waals surface area contributed by atoms with Gasteiger partial charge in [-0.25, -0.2) is 13.4 Å². The number of sulfonamides is 1. The predicted octanol–water partition coefficient (Wildman–Crippen LogP) is 1.31. The van der Waals surface area contributed by atoms with Gasteiger partial charge in [0.25, 0.3) is 0 Å². The van der Waals surface area contributed by atoms with Crippen molar-refractivity contribution < 1.29 is 8.42 Å². The second kappa shape index (κ2) is 5.14. The SMILES string of the molecule is C[C@H]1CN(c2ncccc2Br)CCN1S(C)(=O)=O. The molecule has 1 aliphatic rings. The molecule has 0 spiro atoms. The molecule has 0 N–H and O–H groups in total. The molecule has 2 heterocycles. The maximum Gasteiger partial charge on any atom is 0.211 e. The van der Waals surface area contributed by atoms with Crippen LogP contribution in [0.4, 0.5) is 5.82 Å². The number of anilines is 1. The van der Waals surface area contributed by atoms with Crippen LogP contribution in [0, 0.1) is 0 Å². The first-order chi connectivity index (χ1) is 8.39. The second-order valence-electron chi connectivity index (χ2n) is 4.48. The Bertz CT molecular complexity index is 535. The fourth-order valence-corrected chi connectivity index (χ4v) is 3.88. The highest BCUT2D eigenvalue weighted by Crippen LogP contribution is 2.25. The van der Waals surface area contributed by atoms with Crippen LogP contribution in [-0.2, 0) is 10.0 Å². The molecule has 5 nitrogen and oxygen atoms in total. The standard InChI is InChI=1S/C11H16BrN3O2S/c1-9-8-14(6-7-15(9)18(2,16)17)11-10(12)4-3-5-13-11/h3-5,9H,6-8H2,1-2H3/t9-/m0/s1. The lowest BCUT2D eigenvalue weighted by Crippen LogP contribution is -2.54. The van der Waals surface area contributed by atoms with Crippen molar-refractivity contribution >= 4 is 31.8 Å². The molecule has 0 radical (unpaired) electrons. The normalized spacial score (nSPS) is 22.2. The predicted molar refractivity (Wildman–Crippen MR) is 75.2 cm³/mol. The number of halogens is 1.